The molecule has 2 aliphatic rings. The third-order valence-electron chi connectivity index (χ3n) is 4.67. The number of rotatable bonds is 4. The number of amides is 2. The predicted octanol–water partition coefficient (Wildman–Crippen LogP) is 1.24. The summed E-state index contributed by atoms with van der Waals surface area (Å²) >= 11 is 0. The molecule has 0 bridgehead atoms. The van der Waals surface area contributed by atoms with E-state index < -0.39 is 10.0 Å². The van der Waals surface area contributed by atoms with Crippen LogP contribution in [0.2, 0.25) is 0 Å². The quantitative estimate of drug-likeness (QED) is 0.815. The number of sulfonamides is 1. The van der Waals surface area contributed by atoms with Crippen LogP contribution in [0.25, 0.3) is 0 Å². The average Bonchev–Trinajstić information content (AvgIpc) is 2.61. The van der Waals surface area contributed by atoms with Crippen LogP contribution >= 0.6 is 0 Å². The van der Waals surface area contributed by atoms with Gasteiger partial charge in [0.25, 0.3) is 0 Å². The van der Waals surface area contributed by atoms with Crippen molar-refractivity contribution in [2.75, 3.05) is 32.6 Å². The van der Waals surface area contributed by atoms with Crippen molar-refractivity contribution in [3.8, 4) is 11.5 Å². The van der Waals surface area contributed by atoms with Crippen LogP contribution in [0.3, 0.4) is 0 Å². The van der Waals surface area contributed by atoms with Gasteiger partial charge in [0, 0.05) is 19.1 Å². The van der Waals surface area contributed by atoms with Crippen molar-refractivity contribution in [2.45, 2.75) is 31.8 Å². The first-order valence-electron chi connectivity index (χ1n) is 8.74. The third-order valence-corrected chi connectivity index (χ3v) is 5.98. The van der Waals surface area contributed by atoms with E-state index >= 15 is 0 Å². The number of hydrogen-bond acceptors (Lipinski definition) is 5. The smallest absolute Gasteiger partial charge is 0.315 e. The number of carbonyl (C=O) groups excluding carboxylic acids is 1. The number of ether oxygens (including phenoxy) is 2. The van der Waals surface area contributed by atoms with Crippen molar-refractivity contribution in [1.82, 2.24) is 14.9 Å². The van der Waals surface area contributed by atoms with Gasteiger partial charge in [0.1, 0.15) is 13.2 Å². The molecule has 8 nitrogen and oxygen atoms in total. The molecule has 0 aliphatic carbocycles. The van der Waals surface area contributed by atoms with Crippen LogP contribution in [-0.4, -0.2) is 57.4 Å². The summed E-state index contributed by atoms with van der Waals surface area (Å²) in [5.41, 5.74) is 0.927. The molecule has 9 heteroatoms. The fourth-order valence-corrected chi connectivity index (χ4v) is 4.04. The largest absolute Gasteiger partial charge is 0.486 e. The van der Waals surface area contributed by atoms with Crippen molar-refractivity contribution in [3.05, 3.63) is 23.8 Å². The number of fused-ring (bicyclic) bond motifs is 1. The van der Waals surface area contributed by atoms with E-state index in [0.717, 1.165) is 5.56 Å². The minimum atomic E-state index is -3.16. The molecule has 0 spiro atoms. The molecule has 1 fully saturated rings. The highest BCUT2D eigenvalue weighted by Crippen LogP contribution is 2.32. The number of urea groups is 1. The lowest BCUT2D eigenvalue weighted by Crippen LogP contribution is -2.49. The number of benzene rings is 1. The molecule has 0 radical (unpaired) electrons. The maximum absolute atomic E-state index is 12.3. The molecule has 1 saturated heterocycles. The van der Waals surface area contributed by atoms with E-state index in [0.29, 0.717) is 50.6 Å². The highest BCUT2D eigenvalue weighted by molar-refractivity contribution is 7.88. The van der Waals surface area contributed by atoms with Gasteiger partial charge in [-0.25, -0.2) is 17.5 Å². The maximum atomic E-state index is 12.3. The highest BCUT2D eigenvalue weighted by atomic mass is 32.2. The topological polar surface area (TPSA) is 97.0 Å². The molecule has 2 heterocycles. The molecule has 1 atom stereocenters. The third kappa shape index (κ3) is 4.59. The van der Waals surface area contributed by atoms with Crippen LogP contribution in [0.1, 0.15) is 31.4 Å². The summed E-state index contributed by atoms with van der Waals surface area (Å²) in [5, 5.41) is 5.84. The molecular weight excluding hydrogens is 358 g/mol. The lowest BCUT2D eigenvalue weighted by molar-refractivity contribution is 0.171. The second-order valence-corrected chi connectivity index (χ2v) is 8.66. The Morgan fingerprint density at radius 1 is 1.19 bits per heavy atom. The second-order valence-electron chi connectivity index (χ2n) is 6.68. The number of nitrogens with one attached hydrogen (secondary N) is 2. The average molecular weight is 383 g/mol. The zero-order chi connectivity index (χ0) is 18.7. The summed E-state index contributed by atoms with van der Waals surface area (Å²) in [6, 6.07) is 5.15. The molecule has 2 aliphatic heterocycles. The van der Waals surface area contributed by atoms with Crippen molar-refractivity contribution in [2.24, 2.45) is 0 Å². The van der Waals surface area contributed by atoms with Crippen LogP contribution in [0, 0.1) is 0 Å². The molecule has 0 aromatic heterocycles. The van der Waals surface area contributed by atoms with E-state index in [1.807, 2.05) is 25.1 Å². The van der Waals surface area contributed by atoms with Gasteiger partial charge in [0.15, 0.2) is 11.5 Å². The molecule has 3 rings (SSSR count). The lowest BCUT2D eigenvalue weighted by Gasteiger charge is -2.31. The number of piperidine rings is 1. The highest BCUT2D eigenvalue weighted by Gasteiger charge is 2.26. The van der Waals surface area contributed by atoms with Crippen LogP contribution in [0.5, 0.6) is 11.5 Å². The standard InChI is InChI=1S/C17H25N3O5S/c1-12(13-3-4-15-16(11-13)25-10-9-24-15)18-17(21)19-14-5-7-20(8-6-14)26(2,22)23/h3-4,11-12,14H,5-10H2,1-2H3,(H2,18,19,21). The van der Waals surface area contributed by atoms with Gasteiger partial charge in [-0.1, -0.05) is 6.07 Å². The zero-order valence-corrected chi connectivity index (χ0v) is 15.8. The Bertz CT molecular complexity index is 760. The van der Waals surface area contributed by atoms with Crippen molar-refractivity contribution >= 4 is 16.1 Å². The first-order valence-corrected chi connectivity index (χ1v) is 10.6. The van der Waals surface area contributed by atoms with Gasteiger partial charge in [0.2, 0.25) is 10.0 Å². The van der Waals surface area contributed by atoms with E-state index in [9.17, 15) is 13.2 Å². The summed E-state index contributed by atoms with van der Waals surface area (Å²) in [6.07, 6.45) is 2.43. The Morgan fingerprint density at radius 2 is 1.85 bits per heavy atom. The summed E-state index contributed by atoms with van der Waals surface area (Å²) < 4.78 is 35.6. The van der Waals surface area contributed by atoms with Gasteiger partial charge in [-0.05, 0) is 37.5 Å². The summed E-state index contributed by atoms with van der Waals surface area (Å²) in [6.45, 7) is 3.83. The van der Waals surface area contributed by atoms with E-state index in [1.165, 1.54) is 10.6 Å². The van der Waals surface area contributed by atoms with Gasteiger partial charge >= 0.3 is 6.03 Å². The Labute approximate surface area is 153 Å². The molecular formula is C17H25N3O5S. The molecule has 1 unspecified atom stereocenters. The van der Waals surface area contributed by atoms with Crippen molar-refractivity contribution in [1.29, 1.82) is 0 Å². The minimum absolute atomic E-state index is 0.0273. The van der Waals surface area contributed by atoms with Crippen LogP contribution < -0.4 is 20.1 Å². The van der Waals surface area contributed by atoms with Gasteiger partial charge in [-0.3, -0.25) is 0 Å². The zero-order valence-electron chi connectivity index (χ0n) is 15.0. The predicted molar refractivity (Wildman–Crippen MR) is 97.0 cm³/mol. The minimum Gasteiger partial charge on any atom is -0.486 e. The van der Waals surface area contributed by atoms with Gasteiger partial charge in [0.05, 0.1) is 12.3 Å². The SMILES string of the molecule is CC(NC(=O)NC1CCN(S(C)(=O)=O)CC1)c1ccc2c(c1)OCCO2. The van der Waals surface area contributed by atoms with Crippen molar-refractivity contribution < 1.29 is 22.7 Å². The monoisotopic (exact) mass is 383 g/mol. The van der Waals surface area contributed by atoms with Crippen molar-refractivity contribution in [3.63, 3.8) is 0 Å². The fourth-order valence-electron chi connectivity index (χ4n) is 3.17. The summed E-state index contributed by atoms with van der Waals surface area (Å²) in [5.74, 6) is 1.41. The first-order chi connectivity index (χ1) is 12.3. The lowest BCUT2D eigenvalue weighted by atomic mass is 10.1. The Hall–Kier alpha value is -2.00. The van der Waals surface area contributed by atoms with Crippen LogP contribution in [0.4, 0.5) is 4.79 Å². The molecule has 1 aromatic rings. The van der Waals surface area contributed by atoms with Crippen LogP contribution in [0.15, 0.2) is 18.2 Å². The molecule has 1 aromatic carbocycles. The number of nitrogens with zero attached hydrogens (tertiary/aromatic N) is 1. The Balaban J connectivity index is 1.50. The second kappa shape index (κ2) is 7.71. The molecule has 144 valence electrons. The summed E-state index contributed by atoms with van der Waals surface area (Å²) in [7, 11) is -3.16. The molecule has 26 heavy (non-hydrogen) atoms. The van der Waals surface area contributed by atoms with Gasteiger partial charge < -0.3 is 20.1 Å². The van der Waals surface area contributed by atoms with Gasteiger partial charge in [-0.15, -0.1) is 0 Å². The van der Waals surface area contributed by atoms with E-state index in [-0.39, 0.29) is 18.1 Å². The van der Waals surface area contributed by atoms with E-state index in [4.69, 9.17) is 9.47 Å². The summed E-state index contributed by atoms with van der Waals surface area (Å²) in [4.78, 5) is 12.3. The normalized spacial score (nSPS) is 19.6. The first kappa shape index (κ1) is 18.8. The molecule has 0 saturated carbocycles. The molecule has 2 amide bonds. The fraction of sp³-hybridized carbons (Fsp3) is 0.588. The number of hydrogen-bond donors (Lipinski definition) is 2. The Kier molecular flexibility index (Phi) is 5.57. The van der Waals surface area contributed by atoms with E-state index in [1.54, 1.807) is 0 Å². The molecule has 2 N–H and O–H groups in total. The van der Waals surface area contributed by atoms with Crippen LogP contribution in [-0.2, 0) is 10.0 Å². The maximum Gasteiger partial charge on any atom is 0.315 e. The van der Waals surface area contributed by atoms with Gasteiger partial charge in [-0.2, -0.15) is 0 Å². The number of carbonyl (C=O) groups is 1. The Morgan fingerprint density at radius 3 is 2.50 bits per heavy atom. The van der Waals surface area contributed by atoms with E-state index in [2.05, 4.69) is 10.6 Å².